The third-order valence-corrected chi connectivity index (χ3v) is 4.39. The molecule has 144 valence electrons. The Bertz CT molecular complexity index is 746. The molecule has 0 bridgehead atoms. The summed E-state index contributed by atoms with van der Waals surface area (Å²) in [7, 11) is 3.20. The highest BCUT2D eigenvalue weighted by atomic mass is 16.5. The van der Waals surface area contributed by atoms with Crippen LogP contribution in [0.15, 0.2) is 36.4 Å². The van der Waals surface area contributed by atoms with E-state index in [0.29, 0.717) is 56.6 Å². The van der Waals surface area contributed by atoms with E-state index in [1.807, 2.05) is 23.1 Å². The van der Waals surface area contributed by atoms with Gasteiger partial charge in [0.05, 0.1) is 19.3 Å². The standard InChI is InChI=1S/C19H24N4O4/c1-25-13-14-27-18-8-7-17(20-21-18)22-9-11-23(12-10-22)19(24)15-5-3-4-6-16(15)26-2/h3-8H,9-14H2,1-2H3. The molecule has 1 fully saturated rings. The van der Waals surface area contributed by atoms with Gasteiger partial charge in [0.2, 0.25) is 5.88 Å². The van der Waals surface area contributed by atoms with Crippen molar-refractivity contribution in [3.63, 3.8) is 0 Å². The smallest absolute Gasteiger partial charge is 0.257 e. The lowest BCUT2D eigenvalue weighted by molar-refractivity contribution is 0.0743. The summed E-state index contributed by atoms with van der Waals surface area (Å²) in [5.74, 6) is 1.83. The van der Waals surface area contributed by atoms with Crippen LogP contribution in [0.3, 0.4) is 0 Å². The second kappa shape index (κ2) is 9.18. The van der Waals surface area contributed by atoms with E-state index in [1.165, 1.54) is 0 Å². The number of carbonyl (C=O) groups excluding carboxylic acids is 1. The number of carbonyl (C=O) groups is 1. The minimum Gasteiger partial charge on any atom is -0.496 e. The molecule has 1 aromatic carbocycles. The zero-order valence-electron chi connectivity index (χ0n) is 15.6. The van der Waals surface area contributed by atoms with Crippen molar-refractivity contribution in [2.75, 3.05) is 58.5 Å². The van der Waals surface area contributed by atoms with Gasteiger partial charge in [-0.1, -0.05) is 12.1 Å². The highest BCUT2D eigenvalue weighted by Crippen LogP contribution is 2.21. The molecule has 1 saturated heterocycles. The van der Waals surface area contributed by atoms with Crippen LogP contribution in [0.1, 0.15) is 10.4 Å². The van der Waals surface area contributed by atoms with Gasteiger partial charge in [-0.15, -0.1) is 10.2 Å². The molecule has 8 nitrogen and oxygen atoms in total. The Morgan fingerprint density at radius 3 is 2.44 bits per heavy atom. The van der Waals surface area contributed by atoms with Gasteiger partial charge >= 0.3 is 0 Å². The predicted molar refractivity (Wildman–Crippen MR) is 101 cm³/mol. The number of anilines is 1. The average molecular weight is 372 g/mol. The van der Waals surface area contributed by atoms with E-state index in [4.69, 9.17) is 14.2 Å². The Kier molecular flexibility index (Phi) is 6.43. The van der Waals surface area contributed by atoms with Gasteiger partial charge in [0.1, 0.15) is 12.4 Å². The average Bonchev–Trinajstić information content (AvgIpc) is 2.74. The van der Waals surface area contributed by atoms with Crippen LogP contribution in [0.2, 0.25) is 0 Å². The Morgan fingerprint density at radius 1 is 1.00 bits per heavy atom. The molecule has 0 unspecified atom stereocenters. The van der Waals surface area contributed by atoms with Gasteiger partial charge in [-0.25, -0.2) is 0 Å². The number of hydrogen-bond acceptors (Lipinski definition) is 7. The van der Waals surface area contributed by atoms with E-state index in [1.54, 1.807) is 32.4 Å². The van der Waals surface area contributed by atoms with Crippen molar-refractivity contribution < 1.29 is 19.0 Å². The summed E-state index contributed by atoms with van der Waals surface area (Å²) in [4.78, 5) is 16.7. The maximum absolute atomic E-state index is 12.8. The SMILES string of the molecule is COCCOc1ccc(N2CCN(C(=O)c3ccccc3OC)CC2)nn1. The van der Waals surface area contributed by atoms with Gasteiger partial charge in [-0.2, -0.15) is 0 Å². The molecule has 0 atom stereocenters. The summed E-state index contributed by atoms with van der Waals surface area (Å²) in [5.41, 5.74) is 0.589. The van der Waals surface area contributed by atoms with E-state index in [0.717, 1.165) is 5.82 Å². The summed E-state index contributed by atoms with van der Waals surface area (Å²) in [5, 5.41) is 8.31. The van der Waals surface area contributed by atoms with E-state index in [2.05, 4.69) is 15.1 Å². The molecule has 2 heterocycles. The lowest BCUT2D eigenvalue weighted by atomic mass is 10.1. The van der Waals surface area contributed by atoms with Gasteiger partial charge in [-0.05, 0) is 18.2 Å². The second-order valence-corrected chi connectivity index (χ2v) is 6.05. The Hall–Kier alpha value is -2.87. The first kappa shape index (κ1) is 18.9. The topological polar surface area (TPSA) is 77.0 Å². The maximum atomic E-state index is 12.8. The first-order valence-corrected chi connectivity index (χ1v) is 8.85. The van der Waals surface area contributed by atoms with Crippen LogP contribution in [0.4, 0.5) is 5.82 Å². The molecule has 1 aliphatic heterocycles. The van der Waals surface area contributed by atoms with Crippen molar-refractivity contribution in [2.45, 2.75) is 0 Å². The lowest BCUT2D eigenvalue weighted by Crippen LogP contribution is -2.49. The highest BCUT2D eigenvalue weighted by molar-refractivity contribution is 5.97. The van der Waals surface area contributed by atoms with Crippen molar-refractivity contribution in [1.29, 1.82) is 0 Å². The predicted octanol–water partition coefficient (Wildman–Crippen LogP) is 1.47. The molecule has 0 spiro atoms. The molecule has 1 amide bonds. The number of hydrogen-bond donors (Lipinski definition) is 0. The molecule has 0 radical (unpaired) electrons. The first-order valence-electron chi connectivity index (χ1n) is 8.85. The molecule has 8 heteroatoms. The number of ether oxygens (including phenoxy) is 3. The minimum absolute atomic E-state index is 0.0138. The summed E-state index contributed by atoms with van der Waals surface area (Å²) in [6.07, 6.45) is 0. The Morgan fingerprint density at radius 2 is 1.78 bits per heavy atom. The monoisotopic (exact) mass is 372 g/mol. The number of nitrogens with zero attached hydrogens (tertiary/aromatic N) is 4. The molecule has 2 aromatic rings. The van der Waals surface area contributed by atoms with Gasteiger partial charge in [0.15, 0.2) is 5.82 Å². The fraction of sp³-hybridized carbons (Fsp3) is 0.421. The fourth-order valence-electron chi connectivity index (χ4n) is 2.92. The molecule has 1 aromatic heterocycles. The van der Waals surface area contributed by atoms with Crippen molar-refractivity contribution >= 4 is 11.7 Å². The van der Waals surface area contributed by atoms with Gasteiger partial charge in [-0.3, -0.25) is 4.79 Å². The maximum Gasteiger partial charge on any atom is 0.257 e. The van der Waals surface area contributed by atoms with Crippen LogP contribution in [0.5, 0.6) is 11.6 Å². The molecule has 3 rings (SSSR count). The Labute approximate surface area is 158 Å². The summed E-state index contributed by atoms with van der Waals surface area (Å²) < 4.78 is 15.7. The number of rotatable bonds is 7. The summed E-state index contributed by atoms with van der Waals surface area (Å²) in [6, 6.07) is 11.0. The second-order valence-electron chi connectivity index (χ2n) is 6.05. The minimum atomic E-state index is -0.0138. The largest absolute Gasteiger partial charge is 0.496 e. The van der Waals surface area contributed by atoms with E-state index < -0.39 is 0 Å². The van der Waals surface area contributed by atoms with E-state index >= 15 is 0 Å². The summed E-state index contributed by atoms with van der Waals surface area (Å²) in [6.45, 7) is 3.56. The lowest BCUT2D eigenvalue weighted by Gasteiger charge is -2.35. The number of amides is 1. The number of methoxy groups -OCH3 is 2. The number of piperazine rings is 1. The van der Waals surface area contributed by atoms with Crippen LogP contribution in [0.25, 0.3) is 0 Å². The van der Waals surface area contributed by atoms with E-state index in [9.17, 15) is 4.79 Å². The fourth-order valence-corrected chi connectivity index (χ4v) is 2.92. The zero-order valence-corrected chi connectivity index (χ0v) is 15.6. The third-order valence-electron chi connectivity index (χ3n) is 4.39. The number of aromatic nitrogens is 2. The highest BCUT2D eigenvalue weighted by Gasteiger charge is 2.24. The molecule has 27 heavy (non-hydrogen) atoms. The molecular formula is C19H24N4O4. The number of benzene rings is 1. The first-order chi connectivity index (χ1) is 13.2. The van der Waals surface area contributed by atoms with Gasteiger partial charge in [0.25, 0.3) is 5.91 Å². The van der Waals surface area contributed by atoms with Crippen molar-refractivity contribution in [1.82, 2.24) is 15.1 Å². The quantitative estimate of drug-likeness (QED) is 0.681. The number of para-hydroxylation sites is 1. The van der Waals surface area contributed by atoms with Crippen molar-refractivity contribution in [3.8, 4) is 11.6 Å². The van der Waals surface area contributed by atoms with Crippen molar-refractivity contribution in [2.24, 2.45) is 0 Å². The van der Waals surface area contributed by atoms with Crippen LogP contribution in [0, 0.1) is 0 Å². The zero-order chi connectivity index (χ0) is 19.1. The van der Waals surface area contributed by atoms with Crippen LogP contribution >= 0.6 is 0 Å². The van der Waals surface area contributed by atoms with Crippen LogP contribution in [-0.4, -0.2) is 74.6 Å². The molecule has 1 aliphatic rings. The summed E-state index contributed by atoms with van der Waals surface area (Å²) >= 11 is 0. The van der Waals surface area contributed by atoms with Gasteiger partial charge < -0.3 is 24.0 Å². The normalized spacial score (nSPS) is 14.1. The van der Waals surface area contributed by atoms with E-state index in [-0.39, 0.29) is 5.91 Å². The van der Waals surface area contributed by atoms with Gasteiger partial charge in [0, 0.05) is 39.4 Å². The molecule has 0 N–H and O–H groups in total. The van der Waals surface area contributed by atoms with Crippen molar-refractivity contribution in [3.05, 3.63) is 42.0 Å². The Balaban J connectivity index is 1.56. The van der Waals surface area contributed by atoms with Crippen LogP contribution in [-0.2, 0) is 4.74 Å². The molecule has 0 saturated carbocycles. The molecule has 0 aliphatic carbocycles. The van der Waals surface area contributed by atoms with Crippen LogP contribution < -0.4 is 14.4 Å². The molecular weight excluding hydrogens is 348 g/mol. The third kappa shape index (κ3) is 4.65.